The first-order valence-corrected chi connectivity index (χ1v) is 5.92. The van der Waals surface area contributed by atoms with Gasteiger partial charge >= 0.3 is 6.09 Å². The van der Waals surface area contributed by atoms with Crippen molar-refractivity contribution >= 4 is 6.09 Å². The normalized spacial score (nSPS) is 13.2. The van der Waals surface area contributed by atoms with Crippen LogP contribution in [0, 0.1) is 6.92 Å². The minimum atomic E-state index is -0.525. The summed E-state index contributed by atoms with van der Waals surface area (Å²) in [5, 5.41) is 7.03. The molecule has 6 nitrogen and oxygen atoms in total. The Balaban J connectivity index is 2.74. The van der Waals surface area contributed by atoms with Crippen molar-refractivity contribution < 1.29 is 9.53 Å². The van der Waals surface area contributed by atoms with Crippen LogP contribution in [-0.4, -0.2) is 28.0 Å². The fraction of sp³-hybridized carbons (Fsp3) is 0.667. The van der Waals surface area contributed by atoms with Crippen LogP contribution in [0.1, 0.15) is 38.1 Å². The maximum atomic E-state index is 11.7. The van der Waals surface area contributed by atoms with E-state index < -0.39 is 11.7 Å². The quantitative estimate of drug-likeness (QED) is 0.850. The smallest absolute Gasteiger partial charge is 0.408 e. The van der Waals surface area contributed by atoms with Gasteiger partial charge in [-0.05, 0) is 33.3 Å². The Morgan fingerprint density at radius 1 is 1.61 bits per heavy atom. The van der Waals surface area contributed by atoms with E-state index in [-0.39, 0.29) is 12.6 Å². The monoisotopic (exact) mass is 254 g/mol. The molecule has 0 bridgehead atoms. The van der Waals surface area contributed by atoms with E-state index in [4.69, 9.17) is 10.5 Å². The first-order valence-electron chi connectivity index (χ1n) is 5.92. The molecule has 1 atom stereocenters. The molecule has 0 spiro atoms. The van der Waals surface area contributed by atoms with E-state index in [1.807, 2.05) is 40.9 Å². The number of nitrogens with one attached hydrogen (secondary N) is 1. The predicted molar refractivity (Wildman–Crippen MR) is 69.1 cm³/mol. The number of aryl methyl sites for hydroxylation is 2. The fourth-order valence-electron chi connectivity index (χ4n) is 1.66. The van der Waals surface area contributed by atoms with Gasteiger partial charge in [-0.1, -0.05) is 0 Å². The van der Waals surface area contributed by atoms with Crippen LogP contribution >= 0.6 is 0 Å². The fourth-order valence-corrected chi connectivity index (χ4v) is 1.66. The number of carbonyl (C=O) groups is 1. The molecule has 0 aromatic carbocycles. The van der Waals surface area contributed by atoms with Crippen LogP contribution in [0.5, 0.6) is 0 Å². The lowest BCUT2D eigenvalue weighted by Gasteiger charge is -2.22. The van der Waals surface area contributed by atoms with Gasteiger partial charge in [-0.2, -0.15) is 5.10 Å². The second kappa shape index (κ2) is 5.39. The predicted octanol–water partition coefficient (Wildman–Crippen LogP) is 1.25. The van der Waals surface area contributed by atoms with Crippen molar-refractivity contribution in [2.24, 2.45) is 12.8 Å². The Morgan fingerprint density at radius 3 is 2.61 bits per heavy atom. The van der Waals surface area contributed by atoms with Gasteiger partial charge < -0.3 is 15.8 Å². The molecule has 0 aliphatic carbocycles. The molecule has 0 fully saturated rings. The van der Waals surface area contributed by atoms with Crippen LogP contribution in [0.25, 0.3) is 0 Å². The highest BCUT2D eigenvalue weighted by molar-refractivity contribution is 5.68. The number of nitrogens with two attached hydrogens (primary N) is 1. The molecule has 0 aliphatic heterocycles. The van der Waals surface area contributed by atoms with Crippen LogP contribution < -0.4 is 11.1 Å². The van der Waals surface area contributed by atoms with E-state index in [1.54, 1.807) is 4.68 Å². The van der Waals surface area contributed by atoms with E-state index in [0.29, 0.717) is 0 Å². The van der Waals surface area contributed by atoms with E-state index in [1.165, 1.54) is 0 Å². The number of carbonyl (C=O) groups excluding carboxylic acids is 1. The van der Waals surface area contributed by atoms with Crippen molar-refractivity contribution in [3.8, 4) is 0 Å². The molecule has 0 saturated carbocycles. The van der Waals surface area contributed by atoms with Crippen molar-refractivity contribution in [3.05, 3.63) is 17.5 Å². The van der Waals surface area contributed by atoms with Crippen LogP contribution in [0.3, 0.4) is 0 Å². The molecular weight excluding hydrogens is 232 g/mol. The minimum Gasteiger partial charge on any atom is -0.444 e. The molecule has 1 aromatic rings. The maximum Gasteiger partial charge on any atom is 0.408 e. The third-order valence-corrected chi connectivity index (χ3v) is 2.31. The summed E-state index contributed by atoms with van der Waals surface area (Å²) in [6.45, 7) is 7.65. The summed E-state index contributed by atoms with van der Waals surface area (Å²) in [5.41, 5.74) is 6.91. The van der Waals surface area contributed by atoms with Crippen molar-refractivity contribution in [1.82, 2.24) is 15.1 Å². The molecule has 0 saturated heterocycles. The lowest BCUT2D eigenvalue weighted by atomic mass is 10.1. The number of ether oxygens (including phenoxy) is 1. The molecule has 0 radical (unpaired) electrons. The zero-order valence-corrected chi connectivity index (χ0v) is 11.7. The number of alkyl carbamates (subject to hydrolysis) is 1. The average molecular weight is 254 g/mol. The van der Waals surface area contributed by atoms with Crippen molar-refractivity contribution in [1.29, 1.82) is 0 Å². The lowest BCUT2D eigenvalue weighted by Crippen LogP contribution is -2.38. The van der Waals surface area contributed by atoms with E-state index >= 15 is 0 Å². The van der Waals surface area contributed by atoms with Gasteiger partial charge in [0.15, 0.2) is 0 Å². The first kappa shape index (κ1) is 14.5. The second-order valence-corrected chi connectivity index (χ2v) is 5.31. The van der Waals surface area contributed by atoms with Gasteiger partial charge in [0.1, 0.15) is 5.60 Å². The van der Waals surface area contributed by atoms with Gasteiger partial charge in [-0.25, -0.2) is 4.79 Å². The number of aromatic nitrogens is 2. The zero-order valence-electron chi connectivity index (χ0n) is 11.7. The molecule has 3 N–H and O–H groups in total. The van der Waals surface area contributed by atoms with Crippen LogP contribution in [0.2, 0.25) is 0 Å². The van der Waals surface area contributed by atoms with Crippen molar-refractivity contribution in [2.45, 2.75) is 39.3 Å². The number of nitrogens with zero attached hydrogens (tertiary/aromatic N) is 2. The Bertz CT molecular complexity index is 420. The Labute approximate surface area is 107 Å². The molecule has 102 valence electrons. The molecule has 1 heterocycles. The summed E-state index contributed by atoms with van der Waals surface area (Å²) < 4.78 is 6.90. The van der Waals surface area contributed by atoms with Gasteiger partial charge in [-0.3, -0.25) is 4.68 Å². The van der Waals surface area contributed by atoms with Crippen LogP contribution in [0.4, 0.5) is 4.79 Å². The minimum absolute atomic E-state index is 0.275. The summed E-state index contributed by atoms with van der Waals surface area (Å²) >= 11 is 0. The highest BCUT2D eigenvalue weighted by Crippen LogP contribution is 2.15. The summed E-state index contributed by atoms with van der Waals surface area (Å²) in [7, 11) is 1.83. The molecule has 1 unspecified atom stereocenters. The third kappa shape index (κ3) is 4.03. The van der Waals surface area contributed by atoms with E-state index in [9.17, 15) is 4.79 Å². The van der Waals surface area contributed by atoms with E-state index in [2.05, 4.69) is 10.4 Å². The van der Waals surface area contributed by atoms with Gasteiger partial charge in [0.25, 0.3) is 0 Å². The van der Waals surface area contributed by atoms with Crippen LogP contribution in [-0.2, 0) is 11.8 Å². The summed E-state index contributed by atoms with van der Waals surface area (Å²) in [6.07, 6.45) is 1.40. The molecule has 1 amide bonds. The Morgan fingerprint density at radius 2 is 2.22 bits per heavy atom. The number of hydrogen-bond donors (Lipinski definition) is 2. The molecule has 1 aromatic heterocycles. The van der Waals surface area contributed by atoms with Gasteiger partial charge in [-0.15, -0.1) is 0 Å². The molecular formula is C12H22N4O2. The second-order valence-electron chi connectivity index (χ2n) is 5.31. The lowest BCUT2D eigenvalue weighted by molar-refractivity contribution is 0.0504. The van der Waals surface area contributed by atoms with Gasteiger partial charge in [0, 0.05) is 19.8 Å². The standard InChI is InChI=1S/C12H22N4O2/c1-8-7-16(5)15-10(8)9(6-13)14-11(17)18-12(2,3)4/h7,9H,6,13H2,1-5H3,(H,14,17). The molecule has 18 heavy (non-hydrogen) atoms. The highest BCUT2D eigenvalue weighted by atomic mass is 16.6. The molecule has 1 rings (SSSR count). The zero-order chi connectivity index (χ0) is 13.9. The maximum absolute atomic E-state index is 11.7. The van der Waals surface area contributed by atoms with E-state index in [0.717, 1.165) is 11.3 Å². The first-order chi connectivity index (χ1) is 8.23. The summed E-state index contributed by atoms with van der Waals surface area (Å²) in [4.78, 5) is 11.7. The SMILES string of the molecule is Cc1cn(C)nc1C(CN)NC(=O)OC(C)(C)C. The Hall–Kier alpha value is -1.56. The average Bonchev–Trinajstić information content (AvgIpc) is 2.51. The number of rotatable bonds is 3. The molecule has 6 heteroatoms. The summed E-state index contributed by atoms with van der Waals surface area (Å²) in [5.74, 6) is 0. The third-order valence-electron chi connectivity index (χ3n) is 2.31. The van der Waals surface area contributed by atoms with Crippen LogP contribution in [0.15, 0.2) is 6.20 Å². The highest BCUT2D eigenvalue weighted by Gasteiger charge is 2.22. The van der Waals surface area contributed by atoms with Gasteiger partial charge in [0.2, 0.25) is 0 Å². The van der Waals surface area contributed by atoms with Gasteiger partial charge in [0.05, 0.1) is 11.7 Å². The Kier molecular flexibility index (Phi) is 4.34. The van der Waals surface area contributed by atoms with Crippen molar-refractivity contribution in [3.63, 3.8) is 0 Å². The van der Waals surface area contributed by atoms with Crippen molar-refractivity contribution in [2.75, 3.05) is 6.54 Å². The number of hydrogen-bond acceptors (Lipinski definition) is 4. The largest absolute Gasteiger partial charge is 0.444 e. The number of amides is 1. The summed E-state index contributed by atoms with van der Waals surface area (Å²) in [6, 6.07) is -0.332. The molecule has 0 aliphatic rings. The topological polar surface area (TPSA) is 82.2 Å².